The molecule has 1 saturated carbocycles. The molecule has 2 N–H and O–H groups in total. The first-order valence-electron chi connectivity index (χ1n) is 9.61. The Morgan fingerprint density at radius 1 is 1.11 bits per heavy atom. The Balaban J connectivity index is 1.57. The van der Waals surface area contributed by atoms with Crippen molar-refractivity contribution >= 4 is 23.2 Å². The highest BCUT2D eigenvalue weighted by molar-refractivity contribution is 7.09. The van der Waals surface area contributed by atoms with Gasteiger partial charge in [0.2, 0.25) is 5.91 Å². The number of benzene rings is 1. The van der Waals surface area contributed by atoms with Gasteiger partial charge in [-0.05, 0) is 18.4 Å². The molecule has 27 heavy (non-hydrogen) atoms. The number of amides is 1. The number of aromatic nitrogens is 1. The van der Waals surface area contributed by atoms with Gasteiger partial charge >= 0.3 is 5.97 Å². The second kappa shape index (κ2) is 9.65. The highest BCUT2D eigenvalue weighted by atomic mass is 32.1. The molecule has 3 rings (SSSR count). The van der Waals surface area contributed by atoms with E-state index in [1.807, 2.05) is 23.6 Å². The lowest BCUT2D eigenvalue weighted by molar-refractivity contribution is -0.143. The van der Waals surface area contributed by atoms with Gasteiger partial charge in [0.25, 0.3) is 0 Å². The fourth-order valence-electron chi connectivity index (χ4n) is 3.66. The van der Waals surface area contributed by atoms with Crippen molar-refractivity contribution < 1.29 is 14.7 Å². The van der Waals surface area contributed by atoms with Gasteiger partial charge in [-0.25, -0.2) is 4.98 Å². The summed E-state index contributed by atoms with van der Waals surface area (Å²) >= 11 is 1.56. The molecule has 1 heterocycles. The first kappa shape index (κ1) is 19.5. The predicted octanol–water partition coefficient (Wildman–Crippen LogP) is 3.82. The zero-order valence-corrected chi connectivity index (χ0v) is 16.2. The maximum absolute atomic E-state index is 12.5. The van der Waals surface area contributed by atoms with E-state index in [1.54, 1.807) is 11.3 Å². The van der Waals surface area contributed by atoms with Gasteiger partial charge in [0.15, 0.2) is 0 Å². The Morgan fingerprint density at radius 2 is 1.85 bits per heavy atom. The molecule has 2 aromatic rings. The van der Waals surface area contributed by atoms with Gasteiger partial charge in [-0.3, -0.25) is 9.59 Å². The molecule has 1 aromatic carbocycles. The Bertz CT molecular complexity index is 760. The number of nitrogens with zero attached hydrogens (tertiary/aromatic N) is 1. The van der Waals surface area contributed by atoms with Crippen molar-refractivity contribution in [1.29, 1.82) is 0 Å². The van der Waals surface area contributed by atoms with Crippen molar-refractivity contribution in [3.63, 3.8) is 0 Å². The quantitative estimate of drug-likeness (QED) is 0.791. The number of hydrogen-bond donors (Lipinski definition) is 2. The first-order valence-corrected chi connectivity index (χ1v) is 10.5. The van der Waals surface area contributed by atoms with E-state index in [9.17, 15) is 14.7 Å². The van der Waals surface area contributed by atoms with Crippen LogP contribution in [0.5, 0.6) is 0 Å². The zero-order valence-electron chi connectivity index (χ0n) is 15.4. The molecule has 1 fully saturated rings. The molecule has 144 valence electrons. The lowest BCUT2D eigenvalue weighted by Crippen LogP contribution is -2.44. The average Bonchev–Trinajstić information content (AvgIpc) is 3.04. The summed E-state index contributed by atoms with van der Waals surface area (Å²) in [4.78, 5) is 28.6. The summed E-state index contributed by atoms with van der Waals surface area (Å²) in [5, 5.41) is 15.4. The largest absolute Gasteiger partial charge is 0.481 e. The SMILES string of the molecule is O=C(Cc1csc(Cc2ccccc2)n1)NC1CCCCCCC1C(=O)O. The highest BCUT2D eigenvalue weighted by Gasteiger charge is 2.29. The van der Waals surface area contributed by atoms with Gasteiger partial charge in [-0.2, -0.15) is 0 Å². The summed E-state index contributed by atoms with van der Waals surface area (Å²) in [6.45, 7) is 0. The third-order valence-electron chi connectivity index (χ3n) is 5.07. The number of hydrogen-bond acceptors (Lipinski definition) is 4. The van der Waals surface area contributed by atoms with Crippen LogP contribution >= 0.6 is 11.3 Å². The van der Waals surface area contributed by atoms with Gasteiger partial charge in [-0.1, -0.05) is 56.0 Å². The number of rotatable bonds is 6. The minimum atomic E-state index is -0.805. The number of thiazole rings is 1. The summed E-state index contributed by atoms with van der Waals surface area (Å²) in [6.07, 6.45) is 6.40. The second-order valence-electron chi connectivity index (χ2n) is 7.18. The van der Waals surface area contributed by atoms with Crippen molar-refractivity contribution in [2.75, 3.05) is 0 Å². The van der Waals surface area contributed by atoms with Gasteiger partial charge in [0.1, 0.15) is 0 Å². The Hall–Kier alpha value is -2.21. The molecule has 1 aliphatic rings. The maximum atomic E-state index is 12.5. The minimum absolute atomic E-state index is 0.136. The van der Waals surface area contributed by atoms with E-state index in [-0.39, 0.29) is 18.4 Å². The highest BCUT2D eigenvalue weighted by Crippen LogP contribution is 2.23. The summed E-state index contributed by atoms with van der Waals surface area (Å²) in [7, 11) is 0. The van der Waals surface area contributed by atoms with E-state index in [0.29, 0.717) is 6.42 Å². The standard InChI is InChI=1S/C21H26N2O3S/c24-19(23-18-11-7-2-1-6-10-17(18)21(25)26)13-16-14-27-20(22-16)12-15-8-4-3-5-9-15/h3-5,8-9,14,17-18H,1-2,6-7,10-13H2,(H,23,24)(H,25,26). The number of nitrogens with one attached hydrogen (secondary N) is 1. The van der Waals surface area contributed by atoms with E-state index >= 15 is 0 Å². The molecule has 2 unspecified atom stereocenters. The summed E-state index contributed by atoms with van der Waals surface area (Å²) in [5.74, 6) is -1.43. The molecule has 1 aliphatic carbocycles. The van der Waals surface area contributed by atoms with Crippen LogP contribution in [0.4, 0.5) is 0 Å². The van der Waals surface area contributed by atoms with Crippen LogP contribution in [0.3, 0.4) is 0 Å². The summed E-state index contributed by atoms with van der Waals surface area (Å²) in [6, 6.07) is 9.85. The number of carboxylic acid groups (broad SMARTS) is 1. The minimum Gasteiger partial charge on any atom is -0.481 e. The van der Waals surface area contributed by atoms with Crippen LogP contribution < -0.4 is 5.32 Å². The van der Waals surface area contributed by atoms with Crippen LogP contribution in [-0.2, 0) is 22.4 Å². The smallest absolute Gasteiger partial charge is 0.308 e. The zero-order chi connectivity index (χ0) is 19.1. The topological polar surface area (TPSA) is 79.3 Å². The molecule has 0 spiro atoms. The third-order valence-corrected chi connectivity index (χ3v) is 5.97. The number of carboxylic acids is 1. The van der Waals surface area contributed by atoms with Gasteiger partial charge in [0.05, 0.1) is 23.0 Å². The maximum Gasteiger partial charge on any atom is 0.308 e. The van der Waals surface area contributed by atoms with Crippen molar-refractivity contribution in [2.45, 2.75) is 57.4 Å². The van der Waals surface area contributed by atoms with Crippen LogP contribution in [0.1, 0.15) is 54.8 Å². The Labute approximate surface area is 163 Å². The van der Waals surface area contributed by atoms with Gasteiger partial charge in [-0.15, -0.1) is 11.3 Å². The number of carbonyl (C=O) groups is 2. The molecule has 0 radical (unpaired) electrons. The van der Waals surface area contributed by atoms with E-state index in [2.05, 4.69) is 22.4 Å². The predicted molar refractivity (Wildman–Crippen MR) is 106 cm³/mol. The van der Waals surface area contributed by atoms with Gasteiger partial charge in [0, 0.05) is 17.8 Å². The number of aliphatic carboxylic acids is 1. The van der Waals surface area contributed by atoms with Crippen LogP contribution in [-0.4, -0.2) is 28.0 Å². The van der Waals surface area contributed by atoms with E-state index in [1.165, 1.54) is 5.56 Å². The molecule has 0 bridgehead atoms. The molecular formula is C21H26N2O3S. The van der Waals surface area contributed by atoms with Crippen LogP contribution in [0, 0.1) is 5.92 Å². The lowest BCUT2D eigenvalue weighted by atomic mass is 9.86. The fraction of sp³-hybridized carbons (Fsp3) is 0.476. The second-order valence-corrected chi connectivity index (χ2v) is 8.12. The summed E-state index contributed by atoms with van der Waals surface area (Å²) < 4.78 is 0. The van der Waals surface area contributed by atoms with Crippen molar-refractivity contribution in [3.05, 3.63) is 52.0 Å². The molecule has 5 nitrogen and oxygen atoms in total. The molecule has 0 aliphatic heterocycles. The molecule has 0 saturated heterocycles. The van der Waals surface area contributed by atoms with E-state index in [4.69, 9.17) is 0 Å². The van der Waals surface area contributed by atoms with Crippen LogP contribution in [0.2, 0.25) is 0 Å². The Kier molecular flexibility index (Phi) is 6.98. The molecular weight excluding hydrogens is 360 g/mol. The van der Waals surface area contributed by atoms with Gasteiger partial charge < -0.3 is 10.4 Å². The normalized spacial score (nSPS) is 20.4. The van der Waals surface area contributed by atoms with Crippen LogP contribution in [0.15, 0.2) is 35.7 Å². The fourth-order valence-corrected chi connectivity index (χ4v) is 4.48. The Morgan fingerprint density at radius 3 is 2.59 bits per heavy atom. The summed E-state index contributed by atoms with van der Waals surface area (Å²) in [5.41, 5.74) is 1.95. The van der Waals surface area contributed by atoms with E-state index < -0.39 is 11.9 Å². The third kappa shape index (κ3) is 5.89. The van der Waals surface area contributed by atoms with E-state index in [0.717, 1.165) is 49.2 Å². The molecule has 1 aromatic heterocycles. The first-order chi connectivity index (χ1) is 13.1. The molecule has 2 atom stereocenters. The van der Waals surface area contributed by atoms with Crippen LogP contribution in [0.25, 0.3) is 0 Å². The lowest BCUT2D eigenvalue weighted by Gasteiger charge is -2.27. The molecule has 1 amide bonds. The van der Waals surface area contributed by atoms with Crippen molar-refractivity contribution in [1.82, 2.24) is 10.3 Å². The molecule has 6 heteroatoms. The monoisotopic (exact) mass is 386 g/mol. The van der Waals surface area contributed by atoms with Crippen molar-refractivity contribution in [3.8, 4) is 0 Å². The number of carbonyl (C=O) groups excluding carboxylic acids is 1. The average molecular weight is 387 g/mol. The van der Waals surface area contributed by atoms with Crippen molar-refractivity contribution in [2.24, 2.45) is 5.92 Å².